The number of rotatable bonds is 6. The van der Waals surface area contributed by atoms with Crippen LogP contribution in [0.5, 0.6) is 0 Å². The number of nitrogens with zero attached hydrogens (tertiary/aromatic N) is 1. The molecule has 1 heterocycles. The van der Waals surface area contributed by atoms with E-state index in [0.29, 0.717) is 18.0 Å². The van der Waals surface area contributed by atoms with Crippen LogP contribution in [0.4, 0.5) is 15.6 Å². The fraction of sp³-hybridized carbons (Fsp3) is 0.450. The number of hydrogen-bond acceptors (Lipinski definition) is 4. The highest BCUT2D eigenvalue weighted by Crippen LogP contribution is 2.21. The number of halogens is 1. The van der Waals surface area contributed by atoms with Crippen LogP contribution in [0.15, 0.2) is 28.1 Å². The van der Waals surface area contributed by atoms with Crippen molar-refractivity contribution in [3.05, 3.63) is 39.3 Å². The predicted molar refractivity (Wildman–Crippen MR) is 117 cm³/mol. The summed E-state index contributed by atoms with van der Waals surface area (Å²) in [6.07, 6.45) is 6.57. The van der Waals surface area contributed by atoms with E-state index >= 15 is 0 Å². The molecule has 1 aromatic carbocycles. The summed E-state index contributed by atoms with van der Waals surface area (Å²) in [5, 5.41) is 11.2. The minimum atomic E-state index is -0.198. The Bertz CT molecular complexity index is 833. The lowest BCUT2D eigenvalue weighted by molar-refractivity contribution is -0.116. The Balaban J connectivity index is 1.43. The van der Waals surface area contributed by atoms with Gasteiger partial charge in [0.25, 0.3) is 0 Å². The van der Waals surface area contributed by atoms with Crippen molar-refractivity contribution in [2.45, 2.75) is 57.9 Å². The lowest BCUT2D eigenvalue weighted by Crippen LogP contribution is -2.38. The molecule has 0 unspecified atom stereocenters. The minimum Gasteiger partial charge on any atom is -0.335 e. The number of benzene rings is 1. The summed E-state index contributed by atoms with van der Waals surface area (Å²) in [5.41, 5.74) is 2.63. The molecule has 1 aliphatic carbocycles. The maximum Gasteiger partial charge on any atom is 0.321 e. The third kappa shape index (κ3) is 6.31. The van der Waals surface area contributed by atoms with Crippen LogP contribution in [0, 0.1) is 6.92 Å². The van der Waals surface area contributed by atoms with Crippen LogP contribution in [0.1, 0.15) is 49.8 Å². The van der Waals surface area contributed by atoms with Crippen LogP contribution in [0.25, 0.3) is 0 Å². The van der Waals surface area contributed by atoms with Gasteiger partial charge in [-0.2, -0.15) is 0 Å². The Morgan fingerprint density at radius 2 is 2.00 bits per heavy atom. The predicted octanol–water partition coefficient (Wildman–Crippen LogP) is 5.24. The van der Waals surface area contributed by atoms with Gasteiger partial charge in [-0.1, -0.05) is 35.2 Å². The van der Waals surface area contributed by atoms with Gasteiger partial charge in [0.05, 0.1) is 5.69 Å². The second-order valence-electron chi connectivity index (χ2n) is 7.08. The first-order chi connectivity index (χ1) is 13.5. The largest absolute Gasteiger partial charge is 0.335 e. The van der Waals surface area contributed by atoms with Crippen LogP contribution in [0.3, 0.4) is 0 Å². The van der Waals surface area contributed by atoms with Gasteiger partial charge in [0.1, 0.15) is 0 Å². The smallest absolute Gasteiger partial charge is 0.321 e. The molecular formula is C20H25BrN4O2S. The van der Waals surface area contributed by atoms with E-state index in [1.54, 1.807) is 0 Å². The molecule has 0 saturated heterocycles. The number of hydrogen-bond donors (Lipinski definition) is 3. The fourth-order valence-electron chi connectivity index (χ4n) is 3.27. The second kappa shape index (κ2) is 10.0. The van der Waals surface area contributed by atoms with Gasteiger partial charge in [-0.3, -0.25) is 10.1 Å². The van der Waals surface area contributed by atoms with Crippen molar-refractivity contribution < 1.29 is 9.59 Å². The summed E-state index contributed by atoms with van der Waals surface area (Å²) < 4.78 is 0.984. The summed E-state index contributed by atoms with van der Waals surface area (Å²) in [5.74, 6) is -0.0528. The first kappa shape index (κ1) is 20.8. The van der Waals surface area contributed by atoms with Crippen molar-refractivity contribution in [2.75, 3.05) is 10.6 Å². The van der Waals surface area contributed by atoms with E-state index in [2.05, 4.69) is 36.9 Å². The SMILES string of the molecule is Cc1cc(Br)ccc1NC(=O)CCc1csc(NC(=O)NC2CCCCC2)n1. The molecule has 1 saturated carbocycles. The molecule has 0 radical (unpaired) electrons. The van der Waals surface area contributed by atoms with E-state index in [-0.39, 0.29) is 18.0 Å². The number of amides is 3. The Kier molecular flexibility index (Phi) is 7.44. The van der Waals surface area contributed by atoms with Gasteiger partial charge in [0.15, 0.2) is 5.13 Å². The van der Waals surface area contributed by atoms with Crippen molar-refractivity contribution in [3.8, 4) is 0 Å². The molecular weight excluding hydrogens is 440 g/mol. The van der Waals surface area contributed by atoms with Crippen LogP contribution in [-0.2, 0) is 11.2 Å². The molecule has 1 aromatic heterocycles. The fourth-order valence-corrected chi connectivity index (χ4v) is 4.48. The molecule has 28 heavy (non-hydrogen) atoms. The van der Waals surface area contributed by atoms with Crippen LogP contribution < -0.4 is 16.0 Å². The number of aryl methyl sites for hydroxylation is 2. The summed E-state index contributed by atoms with van der Waals surface area (Å²) in [4.78, 5) is 28.7. The lowest BCUT2D eigenvalue weighted by atomic mass is 9.96. The van der Waals surface area contributed by atoms with Crippen LogP contribution in [0.2, 0.25) is 0 Å². The number of urea groups is 1. The van der Waals surface area contributed by atoms with Crippen molar-refractivity contribution >= 4 is 50.0 Å². The average molecular weight is 465 g/mol. The summed E-state index contributed by atoms with van der Waals surface area (Å²) in [6.45, 7) is 1.96. The zero-order valence-electron chi connectivity index (χ0n) is 15.9. The Labute approximate surface area is 177 Å². The van der Waals surface area contributed by atoms with Gasteiger partial charge in [-0.25, -0.2) is 9.78 Å². The molecule has 8 heteroatoms. The third-order valence-corrected chi connectivity index (χ3v) is 6.08. The number of carbonyl (C=O) groups is 2. The van der Waals surface area contributed by atoms with Crippen molar-refractivity contribution in [3.63, 3.8) is 0 Å². The number of thiazole rings is 1. The average Bonchev–Trinajstić information content (AvgIpc) is 3.10. The maximum atomic E-state index is 12.2. The molecule has 3 rings (SSSR count). The normalized spacial score (nSPS) is 14.5. The van der Waals surface area contributed by atoms with Crippen LogP contribution >= 0.6 is 27.3 Å². The van der Waals surface area contributed by atoms with E-state index in [1.165, 1.54) is 30.6 Å². The maximum absolute atomic E-state index is 12.2. The third-order valence-electron chi connectivity index (χ3n) is 4.78. The quantitative estimate of drug-likeness (QED) is 0.546. The highest BCUT2D eigenvalue weighted by Gasteiger charge is 2.16. The van der Waals surface area contributed by atoms with Gasteiger partial charge < -0.3 is 10.6 Å². The van der Waals surface area contributed by atoms with E-state index in [1.807, 2.05) is 30.5 Å². The summed E-state index contributed by atoms with van der Waals surface area (Å²) in [6, 6.07) is 5.81. The number of carbonyl (C=O) groups excluding carboxylic acids is 2. The number of nitrogens with one attached hydrogen (secondary N) is 3. The molecule has 1 aliphatic rings. The summed E-state index contributed by atoms with van der Waals surface area (Å²) >= 11 is 4.80. The lowest BCUT2D eigenvalue weighted by Gasteiger charge is -2.22. The molecule has 1 fully saturated rings. The monoisotopic (exact) mass is 464 g/mol. The highest BCUT2D eigenvalue weighted by molar-refractivity contribution is 9.10. The molecule has 0 spiro atoms. The Morgan fingerprint density at radius 3 is 2.75 bits per heavy atom. The van der Waals surface area contributed by atoms with E-state index in [4.69, 9.17) is 0 Å². The minimum absolute atomic E-state index is 0.0528. The highest BCUT2D eigenvalue weighted by atomic mass is 79.9. The first-order valence-corrected chi connectivity index (χ1v) is 11.2. The van der Waals surface area contributed by atoms with Crippen LogP contribution in [-0.4, -0.2) is 23.0 Å². The standard InChI is InChI=1S/C20H25BrN4O2S/c1-13-11-14(21)7-9-17(13)24-18(26)10-8-16-12-28-20(23-16)25-19(27)22-15-5-3-2-4-6-15/h7,9,11-12,15H,2-6,8,10H2,1H3,(H,24,26)(H2,22,23,25,27). The molecule has 0 bridgehead atoms. The molecule has 0 atom stereocenters. The van der Waals surface area contributed by atoms with Gasteiger partial charge in [0, 0.05) is 28.0 Å². The van der Waals surface area contributed by atoms with Crippen molar-refractivity contribution in [1.29, 1.82) is 0 Å². The zero-order valence-corrected chi connectivity index (χ0v) is 18.3. The number of anilines is 2. The Hall–Kier alpha value is -1.93. The van der Waals surface area contributed by atoms with Crippen molar-refractivity contribution in [2.24, 2.45) is 0 Å². The topological polar surface area (TPSA) is 83.1 Å². The zero-order chi connectivity index (χ0) is 19.9. The molecule has 3 amide bonds. The number of aromatic nitrogens is 1. The second-order valence-corrected chi connectivity index (χ2v) is 8.86. The van der Waals surface area contributed by atoms with Gasteiger partial charge in [-0.15, -0.1) is 11.3 Å². The van der Waals surface area contributed by atoms with Gasteiger partial charge in [0.2, 0.25) is 5.91 Å². The first-order valence-electron chi connectivity index (χ1n) is 9.57. The van der Waals surface area contributed by atoms with E-state index in [0.717, 1.165) is 34.3 Å². The van der Waals surface area contributed by atoms with Crippen molar-refractivity contribution in [1.82, 2.24) is 10.3 Å². The Morgan fingerprint density at radius 1 is 1.21 bits per heavy atom. The molecule has 3 N–H and O–H groups in total. The summed E-state index contributed by atoms with van der Waals surface area (Å²) in [7, 11) is 0. The van der Waals surface area contributed by atoms with E-state index in [9.17, 15) is 9.59 Å². The van der Waals surface area contributed by atoms with Gasteiger partial charge in [-0.05, 0) is 49.9 Å². The molecule has 2 aromatic rings. The molecule has 0 aliphatic heterocycles. The van der Waals surface area contributed by atoms with Gasteiger partial charge >= 0.3 is 6.03 Å². The molecule has 150 valence electrons. The molecule has 6 nitrogen and oxygen atoms in total. The van der Waals surface area contributed by atoms with E-state index < -0.39 is 0 Å².